The second kappa shape index (κ2) is 5.52. The number of hydrogen-bond acceptors (Lipinski definition) is 5. The van der Waals surface area contributed by atoms with Crippen LogP contribution in [0.1, 0.15) is 37.8 Å². The van der Waals surface area contributed by atoms with Crippen molar-refractivity contribution in [2.45, 2.75) is 44.6 Å². The van der Waals surface area contributed by atoms with E-state index in [0.29, 0.717) is 12.2 Å². The molecule has 2 rings (SSSR count). The molecule has 1 aromatic rings. The summed E-state index contributed by atoms with van der Waals surface area (Å²) in [4.78, 5) is 14.6. The highest BCUT2D eigenvalue weighted by molar-refractivity contribution is 5.56. The van der Waals surface area contributed by atoms with Crippen LogP contribution >= 0.6 is 0 Å². The lowest BCUT2D eigenvalue weighted by Crippen LogP contribution is -2.39. The molecule has 2 N–H and O–H groups in total. The summed E-state index contributed by atoms with van der Waals surface area (Å²) in [6, 6.07) is 3.05. The smallest absolute Gasteiger partial charge is 0.311 e. The fraction of sp³-hybridized carbons (Fsp3) is 0.615. The van der Waals surface area contributed by atoms with E-state index < -0.39 is 10.5 Å². The van der Waals surface area contributed by atoms with Crippen molar-refractivity contribution < 1.29 is 10.0 Å². The van der Waals surface area contributed by atoms with Gasteiger partial charge in [0.15, 0.2) is 0 Å². The third-order valence-electron chi connectivity index (χ3n) is 3.58. The van der Waals surface area contributed by atoms with Crippen LogP contribution < -0.4 is 5.32 Å². The third kappa shape index (κ3) is 3.41. The van der Waals surface area contributed by atoms with Gasteiger partial charge in [-0.1, -0.05) is 19.3 Å². The molecule has 0 spiro atoms. The molecule has 0 aromatic carbocycles. The van der Waals surface area contributed by atoms with E-state index in [4.69, 9.17) is 0 Å². The van der Waals surface area contributed by atoms with Gasteiger partial charge in [-0.3, -0.25) is 10.1 Å². The minimum Gasteiger partial charge on any atom is -0.388 e. The molecule has 1 heterocycles. The van der Waals surface area contributed by atoms with E-state index in [2.05, 4.69) is 10.3 Å². The molecule has 0 radical (unpaired) electrons. The van der Waals surface area contributed by atoms with Gasteiger partial charge < -0.3 is 10.4 Å². The van der Waals surface area contributed by atoms with Crippen LogP contribution in [0.15, 0.2) is 12.1 Å². The average Bonchev–Trinajstić information content (AvgIpc) is 2.37. The zero-order valence-electron chi connectivity index (χ0n) is 11.1. The van der Waals surface area contributed by atoms with Crippen molar-refractivity contribution in [1.29, 1.82) is 0 Å². The van der Waals surface area contributed by atoms with E-state index >= 15 is 0 Å². The van der Waals surface area contributed by atoms with Gasteiger partial charge in [0.05, 0.1) is 10.5 Å². The summed E-state index contributed by atoms with van der Waals surface area (Å²) in [5.74, 6) is 0.240. The van der Waals surface area contributed by atoms with Crippen LogP contribution in [0.2, 0.25) is 0 Å². The average molecular weight is 265 g/mol. The predicted octanol–water partition coefficient (Wildman–Crippen LogP) is 2.41. The van der Waals surface area contributed by atoms with Gasteiger partial charge in [-0.05, 0) is 25.8 Å². The van der Waals surface area contributed by atoms with Crippen molar-refractivity contribution >= 4 is 11.5 Å². The standard InChI is InChI=1S/C13H19N3O3/c1-10-5-6-11(16(18)19)12(15-10)14-9-13(17)7-3-2-4-8-13/h5-6,17H,2-4,7-9H2,1H3,(H,14,15). The molecule has 0 bridgehead atoms. The zero-order valence-corrected chi connectivity index (χ0v) is 11.1. The first-order valence-electron chi connectivity index (χ1n) is 6.58. The van der Waals surface area contributed by atoms with Crippen LogP contribution in [0, 0.1) is 17.0 Å². The van der Waals surface area contributed by atoms with E-state index in [1.165, 1.54) is 6.07 Å². The summed E-state index contributed by atoms with van der Waals surface area (Å²) in [7, 11) is 0. The van der Waals surface area contributed by atoms with Crippen LogP contribution in [0.5, 0.6) is 0 Å². The molecule has 104 valence electrons. The monoisotopic (exact) mass is 265 g/mol. The van der Waals surface area contributed by atoms with Crippen LogP contribution in [-0.4, -0.2) is 27.2 Å². The molecule has 0 saturated heterocycles. The highest BCUT2D eigenvalue weighted by Crippen LogP contribution is 2.29. The summed E-state index contributed by atoms with van der Waals surface area (Å²) in [6.07, 6.45) is 4.62. The van der Waals surface area contributed by atoms with Crippen molar-refractivity contribution in [2.24, 2.45) is 0 Å². The molecule has 1 aromatic heterocycles. The molecule has 1 aliphatic rings. The number of pyridine rings is 1. The Bertz CT molecular complexity index is 470. The minimum absolute atomic E-state index is 0.0509. The van der Waals surface area contributed by atoms with Crippen molar-refractivity contribution in [3.05, 3.63) is 27.9 Å². The SMILES string of the molecule is Cc1ccc([N+](=O)[O-])c(NCC2(O)CCCCC2)n1. The maximum atomic E-state index is 10.9. The number of hydrogen-bond donors (Lipinski definition) is 2. The Labute approximate surface area is 112 Å². The number of aromatic nitrogens is 1. The summed E-state index contributed by atoms with van der Waals surface area (Å²) >= 11 is 0. The normalized spacial score (nSPS) is 18.0. The maximum absolute atomic E-state index is 10.9. The molecule has 0 unspecified atom stereocenters. The van der Waals surface area contributed by atoms with Crippen molar-refractivity contribution in [2.75, 3.05) is 11.9 Å². The zero-order chi connectivity index (χ0) is 13.9. The molecule has 6 nitrogen and oxygen atoms in total. The number of aryl methyl sites for hydroxylation is 1. The Morgan fingerprint density at radius 2 is 2.11 bits per heavy atom. The second-order valence-electron chi connectivity index (χ2n) is 5.22. The first-order chi connectivity index (χ1) is 9.00. The number of anilines is 1. The maximum Gasteiger partial charge on any atom is 0.311 e. The fourth-order valence-corrected chi connectivity index (χ4v) is 2.46. The Morgan fingerprint density at radius 1 is 1.42 bits per heavy atom. The topological polar surface area (TPSA) is 88.3 Å². The Balaban J connectivity index is 2.10. The molecule has 1 fully saturated rings. The molecule has 0 atom stereocenters. The number of rotatable bonds is 4. The summed E-state index contributed by atoms with van der Waals surface area (Å²) in [6.45, 7) is 2.09. The highest BCUT2D eigenvalue weighted by atomic mass is 16.6. The van der Waals surface area contributed by atoms with Gasteiger partial charge in [0, 0.05) is 18.3 Å². The molecule has 1 saturated carbocycles. The van der Waals surface area contributed by atoms with Crippen molar-refractivity contribution in [3.63, 3.8) is 0 Å². The minimum atomic E-state index is -0.766. The van der Waals surface area contributed by atoms with E-state index in [1.807, 2.05) is 0 Å². The Kier molecular flexibility index (Phi) is 3.99. The van der Waals surface area contributed by atoms with Crippen LogP contribution in [0.3, 0.4) is 0 Å². The number of aliphatic hydroxyl groups is 1. The Morgan fingerprint density at radius 3 is 2.74 bits per heavy atom. The number of nitrogens with one attached hydrogen (secondary N) is 1. The number of nitro groups is 1. The quantitative estimate of drug-likeness (QED) is 0.644. The Hall–Kier alpha value is -1.69. The van der Waals surface area contributed by atoms with Gasteiger partial charge in [0.2, 0.25) is 5.82 Å². The lowest BCUT2D eigenvalue weighted by molar-refractivity contribution is -0.384. The highest BCUT2D eigenvalue weighted by Gasteiger charge is 2.29. The van der Waals surface area contributed by atoms with E-state index in [1.54, 1.807) is 13.0 Å². The van der Waals surface area contributed by atoms with Gasteiger partial charge in [-0.25, -0.2) is 4.98 Å². The van der Waals surface area contributed by atoms with Crippen LogP contribution in [0.25, 0.3) is 0 Å². The van der Waals surface area contributed by atoms with Crippen LogP contribution in [-0.2, 0) is 0 Å². The van der Waals surface area contributed by atoms with Gasteiger partial charge in [-0.2, -0.15) is 0 Å². The largest absolute Gasteiger partial charge is 0.388 e. The molecule has 6 heteroatoms. The third-order valence-corrected chi connectivity index (χ3v) is 3.58. The van der Waals surface area contributed by atoms with Gasteiger partial charge in [0.1, 0.15) is 0 Å². The lowest BCUT2D eigenvalue weighted by Gasteiger charge is -2.32. The summed E-state index contributed by atoms with van der Waals surface area (Å²) < 4.78 is 0. The molecular formula is C13H19N3O3. The van der Waals surface area contributed by atoms with Crippen molar-refractivity contribution in [3.8, 4) is 0 Å². The molecule has 0 aliphatic heterocycles. The summed E-state index contributed by atoms with van der Waals surface area (Å²) in [5.41, 5.74) is -0.105. The van der Waals surface area contributed by atoms with Gasteiger partial charge in [0.25, 0.3) is 0 Å². The summed E-state index contributed by atoms with van der Waals surface area (Å²) in [5, 5.41) is 24.2. The van der Waals surface area contributed by atoms with Crippen LogP contribution in [0.4, 0.5) is 11.5 Å². The first kappa shape index (κ1) is 13.7. The van der Waals surface area contributed by atoms with Gasteiger partial charge in [-0.15, -0.1) is 0 Å². The molecule has 1 aliphatic carbocycles. The van der Waals surface area contributed by atoms with E-state index in [0.717, 1.165) is 32.1 Å². The molecule has 0 amide bonds. The predicted molar refractivity (Wildman–Crippen MR) is 72.2 cm³/mol. The first-order valence-corrected chi connectivity index (χ1v) is 6.58. The van der Waals surface area contributed by atoms with Gasteiger partial charge >= 0.3 is 5.69 Å². The fourth-order valence-electron chi connectivity index (χ4n) is 2.46. The second-order valence-corrected chi connectivity index (χ2v) is 5.22. The van der Waals surface area contributed by atoms with Crippen molar-refractivity contribution in [1.82, 2.24) is 4.98 Å². The molecular weight excluding hydrogens is 246 g/mol. The molecule has 19 heavy (non-hydrogen) atoms. The number of nitrogens with zero attached hydrogens (tertiary/aromatic N) is 2. The lowest BCUT2D eigenvalue weighted by atomic mass is 9.85. The van der Waals surface area contributed by atoms with E-state index in [9.17, 15) is 15.2 Å². The van der Waals surface area contributed by atoms with E-state index in [-0.39, 0.29) is 11.5 Å².